The summed E-state index contributed by atoms with van der Waals surface area (Å²) < 4.78 is 5.52. The lowest BCUT2D eigenvalue weighted by Crippen LogP contribution is -2.34. The number of anilines is 1. The summed E-state index contributed by atoms with van der Waals surface area (Å²) >= 11 is 17.0. The van der Waals surface area contributed by atoms with Gasteiger partial charge in [0, 0.05) is 5.02 Å². The molecular formula is C17H14Cl2N2O2S. The molecule has 0 heterocycles. The predicted octanol–water partition coefficient (Wildman–Crippen LogP) is 4.69. The number of benzene rings is 2. The van der Waals surface area contributed by atoms with Crippen molar-refractivity contribution in [1.29, 1.82) is 0 Å². The number of nitrogens with one attached hydrogen (secondary N) is 2. The molecule has 2 aromatic rings. The molecule has 0 saturated carbocycles. The first-order valence-corrected chi connectivity index (χ1v) is 8.08. The molecule has 1 amide bonds. The molecule has 24 heavy (non-hydrogen) atoms. The Morgan fingerprint density at radius 1 is 1.25 bits per heavy atom. The molecule has 0 aliphatic heterocycles. The van der Waals surface area contributed by atoms with Crippen LogP contribution in [-0.4, -0.2) is 17.6 Å². The second-order valence-electron chi connectivity index (χ2n) is 4.63. The Morgan fingerprint density at radius 3 is 2.71 bits per heavy atom. The normalized spacial score (nSPS) is 9.92. The minimum atomic E-state index is -0.432. The van der Waals surface area contributed by atoms with Crippen molar-refractivity contribution in [2.75, 3.05) is 11.9 Å². The predicted molar refractivity (Wildman–Crippen MR) is 102 cm³/mol. The molecule has 0 aliphatic rings. The number of rotatable bonds is 5. The fourth-order valence-electron chi connectivity index (χ4n) is 1.84. The summed E-state index contributed by atoms with van der Waals surface area (Å²) in [6.07, 6.45) is 1.64. The summed E-state index contributed by atoms with van der Waals surface area (Å²) in [6.45, 7) is 3.96. The van der Waals surface area contributed by atoms with Crippen molar-refractivity contribution in [2.24, 2.45) is 0 Å². The first-order chi connectivity index (χ1) is 11.5. The minimum absolute atomic E-state index is 0.126. The molecule has 0 unspecified atom stereocenters. The molecule has 4 nitrogen and oxygen atoms in total. The Bertz CT molecular complexity index is 781. The number of carbonyl (C=O) groups is 1. The van der Waals surface area contributed by atoms with E-state index in [9.17, 15) is 4.79 Å². The lowest BCUT2D eigenvalue weighted by Gasteiger charge is -2.14. The lowest BCUT2D eigenvalue weighted by molar-refractivity contribution is 0.0978. The molecular weight excluding hydrogens is 367 g/mol. The standard InChI is InChI=1S/C17H14Cl2N2O2S/c1-2-9-23-15-6-4-3-5-14(15)20-17(24)21-16(22)12-8-7-11(18)10-13(12)19/h2-8,10H,1,9H2,(H2,20,21,22,24). The highest BCUT2D eigenvalue weighted by molar-refractivity contribution is 7.80. The Labute approximate surface area is 155 Å². The molecule has 0 fully saturated rings. The molecule has 0 atom stereocenters. The Hall–Kier alpha value is -2.08. The summed E-state index contributed by atoms with van der Waals surface area (Å²) in [7, 11) is 0. The van der Waals surface area contributed by atoms with E-state index in [4.69, 9.17) is 40.2 Å². The average molecular weight is 381 g/mol. The molecule has 0 bridgehead atoms. The van der Waals surface area contributed by atoms with Crippen molar-refractivity contribution in [3.63, 3.8) is 0 Å². The van der Waals surface area contributed by atoms with Gasteiger partial charge in [-0.2, -0.15) is 0 Å². The van der Waals surface area contributed by atoms with E-state index in [-0.39, 0.29) is 15.7 Å². The maximum absolute atomic E-state index is 12.2. The SMILES string of the molecule is C=CCOc1ccccc1NC(=S)NC(=O)c1ccc(Cl)cc1Cl. The highest BCUT2D eigenvalue weighted by atomic mass is 35.5. The van der Waals surface area contributed by atoms with Crippen molar-refractivity contribution in [1.82, 2.24) is 5.32 Å². The van der Waals surface area contributed by atoms with Crippen LogP contribution in [0.2, 0.25) is 10.0 Å². The van der Waals surface area contributed by atoms with E-state index in [1.54, 1.807) is 24.3 Å². The van der Waals surface area contributed by atoms with Crippen LogP contribution in [0.15, 0.2) is 55.1 Å². The second kappa shape index (κ2) is 8.68. The van der Waals surface area contributed by atoms with Crippen LogP contribution >= 0.6 is 35.4 Å². The van der Waals surface area contributed by atoms with Crippen LogP contribution in [0.25, 0.3) is 0 Å². The Balaban J connectivity index is 2.05. The Kier molecular flexibility index (Phi) is 6.61. The molecule has 2 N–H and O–H groups in total. The van der Waals surface area contributed by atoms with Gasteiger partial charge in [-0.3, -0.25) is 10.1 Å². The third-order valence-electron chi connectivity index (χ3n) is 2.89. The number of halogens is 2. The van der Waals surface area contributed by atoms with E-state index in [0.717, 1.165) is 0 Å². The quantitative estimate of drug-likeness (QED) is 0.583. The van der Waals surface area contributed by atoms with Gasteiger partial charge in [0.15, 0.2) is 5.11 Å². The molecule has 2 aromatic carbocycles. The van der Waals surface area contributed by atoms with Gasteiger partial charge in [-0.05, 0) is 42.5 Å². The molecule has 0 radical (unpaired) electrons. The topological polar surface area (TPSA) is 50.4 Å². The molecule has 124 valence electrons. The average Bonchev–Trinajstić information content (AvgIpc) is 2.53. The van der Waals surface area contributed by atoms with Crippen LogP contribution in [0.3, 0.4) is 0 Å². The fourth-order valence-corrected chi connectivity index (χ4v) is 2.54. The molecule has 0 aromatic heterocycles. The smallest absolute Gasteiger partial charge is 0.258 e. The van der Waals surface area contributed by atoms with Gasteiger partial charge in [0.05, 0.1) is 16.3 Å². The fraction of sp³-hybridized carbons (Fsp3) is 0.0588. The lowest BCUT2D eigenvalue weighted by atomic mass is 10.2. The van der Waals surface area contributed by atoms with Crippen LogP contribution < -0.4 is 15.4 Å². The first kappa shape index (κ1) is 18.3. The van der Waals surface area contributed by atoms with E-state index in [1.807, 2.05) is 12.1 Å². The van der Waals surface area contributed by atoms with Gasteiger partial charge in [-0.1, -0.05) is 48.0 Å². The maximum Gasteiger partial charge on any atom is 0.258 e. The zero-order valence-electron chi connectivity index (χ0n) is 12.5. The number of para-hydroxylation sites is 2. The van der Waals surface area contributed by atoms with Gasteiger partial charge in [-0.15, -0.1) is 0 Å². The Morgan fingerprint density at radius 2 is 2.00 bits per heavy atom. The van der Waals surface area contributed by atoms with Crippen molar-refractivity contribution in [2.45, 2.75) is 0 Å². The third-order valence-corrected chi connectivity index (χ3v) is 3.65. The van der Waals surface area contributed by atoms with E-state index in [1.165, 1.54) is 12.1 Å². The molecule has 7 heteroatoms. The molecule has 0 saturated heterocycles. The van der Waals surface area contributed by atoms with Crippen molar-refractivity contribution >= 4 is 52.1 Å². The largest absolute Gasteiger partial charge is 0.487 e. The summed E-state index contributed by atoms with van der Waals surface area (Å²) in [5, 5.41) is 6.31. The number of hydrogen-bond acceptors (Lipinski definition) is 3. The number of amides is 1. The highest BCUT2D eigenvalue weighted by Crippen LogP contribution is 2.24. The van der Waals surface area contributed by atoms with Crippen LogP contribution in [0.5, 0.6) is 5.75 Å². The van der Waals surface area contributed by atoms with Gasteiger partial charge >= 0.3 is 0 Å². The second-order valence-corrected chi connectivity index (χ2v) is 5.88. The van der Waals surface area contributed by atoms with Crippen LogP contribution in [0.4, 0.5) is 5.69 Å². The van der Waals surface area contributed by atoms with E-state index in [0.29, 0.717) is 23.1 Å². The van der Waals surface area contributed by atoms with E-state index in [2.05, 4.69) is 17.2 Å². The molecule has 0 aliphatic carbocycles. The van der Waals surface area contributed by atoms with E-state index >= 15 is 0 Å². The van der Waals surface area contributed by atoms with Gasteiger partial charge in [0.25, 0.3) is 5.91 Å². The zero-order valence-corrected chi connectivity index (χ0v) is 14.8. The van der Waals surface area contributed by atoms with Gasteiger partial charge in [0.2, 0.25) is 0 Å². The summed E-state index contributed by atoms with van der Waals surface area (Å²) in [5.74, 6) is 0.164. The number of ether oxygens (including phenoxy) is 1. The maximum atomic E-state index is 12.2. The first-order valence-electron chi connectivity index (χ1n) is 6.91. The van der Waals surface area contributed by atoms with Gasteiger partial charge < -0.3 is 10.1 Å². The van der Waals surface area contributed by atoms with Crippen molar-refractivity contribution in [3.8, 4) is 5.75 Å². The molecule has 2 rings (SSSR count). The highest BCUT2D eigenvalue weighted by Gasteiger charge is 2.13. The summed E-state index contributed by atoms with van der Waals surface area (Å²) in [5.41, 5.74) is 0.910. The van der Waals surface area contributed by atoms with Crippen LogP contribution in [-0.2, 0) is 0 Å². The van der Waals surface area contributed by atoms with Crippen LogP contribution in [0.1, 0.15) is 10.4 Å². The number of hydrogen-bond donors (Lipinski definition) is 2. The number of carbonyl (C=O) groups excluding carboxylic acids is 1. The zero-order chi connectivity index (χ0) is 17.5. The molecule has 0 spiro atoms. The van der Waals surface area contributed by atoms with Crippen molar-refractivity contribution < 1.29 is 9.53 Å². The summed E-state index contributed by atoms with van der Waals surface area (Å²) in [6, 6.07) is 11.8. The van der Waals surface area contributed by atoms with Gasteiger partial charge in [0.1, 0.15) is 12.4 Å². The van der Waals surface area contributed by atoms with Crippen LogP contribution in [0, 0.1) is 0 Å². The summed E-state index contributed by atoms with van der Waals surface area (Å²) in [4.78, 5) is 12.2. The minimum Gasteiger partial charge on any atom is -0.487 e. The van der Waals surface area contributed by atoms with Crippen molar-refractivity contribution in [3.05, 3.63) is 70.7 Å². The van der Waals surface area contributed by atoms with Gasteiger partial charge in [-0.25, -0.2) is 0 Å². The monoisotopic (exact) mass is 380 g/mol. The number of thiocarbonyl (C=S) groups is 1. The van der Waals surface area contributed by atoms with E-state index < -0.39 is 5.91 Å². The third kappa shape index (κ3) is 4.96.